The van der Waals surface area contributed by atoms with Gasteiger partial charge in [0.05, 0.1) is 11.8 Å². The summed E-state index contributed by atoms with van der Waals surface area (Å²) in [5, 5.41) is 8.90. The summed E-state index contributed by atoms with van der Waals surface area (Å²) in [6.07, 6.45) is -1.85. The van der Waals surface area contributed by atoms with E-state index in [9.17, 15) is 18.0 Å². The number of rotatable bonds is 2. The van der Waals surface area contributed by atoms with E-state index in [1.807, 2.05) is 4.90 Å². The lowest BCUT2D eigenvalue weighted by molar-refractivity contribution is -0.186. The SMILES string of the molecule is O=C(O)C1CCN(C2CCCC(C(F)(F)F)C2)C1. The standard InChI is InChI=1S/C12H18F3NO2/c13-12(14,15)9-2-1-3-10(6-9)16-5-4-8(7-16)11(17)18/h8-10H,1-7H2,(H,17,18). The highest BCUT2D eigenvalue weighted by Crippen LogP contribution is 2.39. The van der Waals surface area contributed by atoms with Crippen LogP contribution < -0.4 is 0 Å². The Bertz CT molecular complexity index is 319. The molecule has 2 fully saturated rings. The van der Waals surface area contributed by atoms with Crippen LogP contribution in [0, 0.1) is 11.8 Å². The quantitative estimate of drug-likeness (QED) is 0.834. The fourth-order valence-corrected chi connectivity index (χ4v) is 3.11. The van der Waals surface area contributed by atoms with Crippen LogP contribution >= 0.6 is 0 Å². The molecule has 0 aromatic rings. The first-order valence-corrected chi connectivity index (χ1v) is 6.41. The van der Waals surface area contributed by atoms with E-state index in [-0.39, 0.29) is 18.9 Å². The van der Waals surface area contributed by atoms with E-state index in [0.717, 1.165) is 6.42 Å². The van der Waals surface area contributed by atoms with E-state index in [4.69, 9.17) is 5.11 Å². The lowest BCUT2D eigenvalue weighted by atomic mass is 9.84. The number of halogens is 3. The van der Waals surface area contributed by atoms with Gasteiger partial charge in [-0.1, -0.05) is 6.42 Å². The summed E-state index contributed by atoms with van der Waals surface area (Å²) >= 11 is 0. The molecule has 0 radical (unpaired) electrons. The first-order valence-electron chi connectivity index (χ1n) is 6.41. The van der Waals surface area contributed by atoms with Crippen LogP contribution in [0.25, 0.3) is 0 Å². The third-order valence-electron chi connectivity index (χ3n) is 4.19. The Morgan fingerprint density at radius 2 is 1.94 bits per heavy atom. The van der Waals surface area contributed by atoms with Crippen molar-refractivity contribution in [1.82, 2.24) is 4.90 Å². The van der Waals surface area contributed by atoms with Crippen molar-refractivity contribution >= 4 is 5.97 Å². The maximum absolute atomic E-state index is 12.7. The van der Waals surface area contributed by atoms with Gasteiger partial charge in [-0.05, 0) is 32.2 Å². The Kier molecular flexibility index (Phi) is 3.84. The minimum absolute atomic E-state index is 0.0882. The van der Waals surface area contributed by atoms with Gasteiger partial charge in [0.1, 0.15) is 0 Å². The summed E-state index contributed by atoms with van der Waals surface area (Å²) in [4.78, 5) is 12.8. The smallest absolute Gasteiger partial charge is 0.391 e. The highest BCUT2D eigenvalue weighted by molar-refractivity contribution is 5.70. The second-order valence-electron chi connectivity index (χ2n) is 5.38. The van der Waals surface area contributed by atoms with Crippen molar-refractivity contribution in [3.63, 3.8) is 0 Å². The molecule has 2 aliphatic rings. The average molecular weight is 265 g/mol. The Morgan fingerprint density at radius 3 is 2.50 bits per heavy atom. The molecule has 1 saturated heterocycles. The Morgan fingerprint density at radius 1 is 1.22 bits per heavy atom. The van der Waals surface area contributed by atoms with Crippen molar-refractivity contribution in [3.8, 4) is 0 Å². The van der Waals surface area contributed by atoms with Gasteiger partial charge < -0.3 is 5.11 Å². The molecule has 3 atom stereocenters. The molecule has 1 aliphatic heterocycles. The normalized spacial score (nSPS) is 34.7. The van der Waals surface area contributed by atoms with Gasteiger partial charge in [0.2, 0.25) is 0 Å². The van der Waals surface area contributed by atoms with Gasteiger partial charge in [0.25, 0.3) is 0 Å². The zero-order valence-corrected chi connectivity index (χ0v) is 10.1. The molecule has 3 unspecified atom stereocenters. The van der Waals surface area contributed by atoms with Gasteiger partial charge >= 0.3 is 12.1 Å². The molecule has 18 heavy (non-hydrogen) atoms. The molecule has 1 heterocycles. The number of nitrogens with zero attached hydrogens (tertiary/aromatic N) is 1. The van der Waals surface area contributed by atoms with E-state index >= 15 is 0 Å². The van der Waals surface area contributed by atoms with Crippen LogP contribution in [0.1, 0.15) is 32.1 Å². The van der Waals surface area contributed by atoms with E-state index in [2.05, 4.69) is 0 Å². The Labute approximate surface area is 104 Å². The molecule has 0 bridgehead atoms. The zero-order chi connectivity index (χ0) is 13.3. The van der Waals surface area contributed by atoms with Gasteiger partial charge in [-0.25, -0.2) is 0 Å². The van der Waals surface area contributed by atoms with Crippen LogP contribution in [0.4, 0.5) is 13.2 Å². The van der Waals surface area contributed by atoms with Crippen molar-refractivity contribution in [3.05, 3.63) is 0 Å². The molecule has 0 aromatic carbocycles. The number of carboxylic acid groups (broad SMARTS) is 1. The number of hydrogen-bond acceptors (Lipinski definition) is 2. The summed E-state index contributed by atoms with van der Waals surface area (Å²) in [5.74, 6) is -2.45. The Hall–Kier alpha value is -0.780. The van der Waals surface area contributed by atoms with Crippen molar-refractivity contribution in [2.45, 2.75) is 44.3 Å². The number of aliphatic carboxylic acids is 1. The van der Waals surface area contributed by atoms with Crippen LogP contribution in [0.3, 0.4) is 0 Å². The van der Waals surface area contributed by atoms with E-state index in [0.29, 0.717) is 25.9 Å². The lowest BCUT2D eigenvalue weighted by Gasteiger charge is -2.36. The molecule has 1 aliphatic carbocycles. The second-order valence-corrected chi connectivity index (χ2v) is 5.38. The number of alkyl halides is 3. The van der Waals surface area contributed by atoms with Crippen LogP contribution in [0.2, 0.25) is 0 Å². The van der Waals surface area contributed by atoms with Gasteiger partial charge in [0, 0.05) is 12.6 Å². The number of hydrogen-bond donors (Lipinski definition) is 1. The second kappa shape index (κ2) is 5.07. The molecule has 0 spiro atoms. The van der Waals surface area contributed by atoms with Crippen molar-refractivity contribution in [2.75, 3.05) is 13.1 Å². The predicted molar refractivity (Wildman–Crippen MR) is 59.1 cm³/mol. The molecule has 6 heteroatoms. The first-order chi connectivity index (χ1) is 8.38. The van der Waals surface area contributed by atoms with Crippen LogP contribution in [-0.4, -0.2) is 41.3 Å². The molecular formula is C12H18F3NO2. The summed E-state index contributed by atoms with van der Waals surface area (Å²) in [5.41, 5.74) is 0. The van der Waals surface area contributed by atoms with E-state index in [1.165, 1.54) is 0 Å². The van der Waals surface area contributed by atoms with Gasteiger partial charge in [-0.3, -0.25) is 9.69 Å². The largest absolute Gasteiger partial charge is 0.481 e. The summed E-state index contributed by atoms with van der Waals surface area (Å²) in [6.45, 7) is 1.02. The summed E-state index contributed by atoms with van der Waals surface area (Å²) < 4.78 is 38.1. The number of carboxylic acids is 1. The molecule has 1 saturated carbocycles. The van der Waals surface area contributed by atoms with Crippen LogP contribution in [0.5, 0.6) is 0 Å². The van der Waals surface area contributed by atoms with Crippen LogP contribution in [-0.2, 0) is 4.79 Å². The molecule has 0 aromatic heterocycles. The average Bonchev–Trinajstić information content (AvgIpc) is 2.77. The predicted octanol–water partition coefficient (Wildman–Crippen LogP) is 2.51. The Balaban J connectivity index is 1.92. The maximum Gasteiger partial charge on any atom is 0.391 e. The number of likely N-dealkylation sites (tertiary alicyclic amines) is 1. The third kappa shape index (κ3) is 2.96. The summed E-state index contributed by atoms with van der Waals surface area (Å²) in [7, 11) is 0. The topological polar surface area (TPSA) is 40.5 Å². The van der Waals surface area contributed by atoms with Crippen molar-refractivity contribution in [1.29, 1.82) is 0 Å². The minimum Gasteiger partial charge on any atom is -0.481 e. The van der Waals surface area contributed by atoms with E-state index < -0.39 is 24.0 Å². The molecule has 0 amide bonds. The van der Waals surface area contributed by atoms with Crippen molar-refractivity contribution in [2.24, 2.45) is 11.8 Å². The third-order valence-corrected chi connectivity index (χ3v) is 4.19. The fraction of sp³-hybridized carbons (Fsp3) is 0.917. The fourth-order valence-electron chi connectivity index (χ4n) is 3.11. The highest BCUT2D eigenvalue weighted by atomic mass is 19.4. The van der Waals surface area contributed by atoms with Gasteiger partial charge in [0.15, 0.2) is 0 Å². The molecule has 104 valence electrons. The van der Waals surface area contributed by atoms with Crippen LogP contribution in [0.15, 0.2) is 0 Å². The molecule has 1 N–H and O–H groups in total. The molecule has 2 rings (SSSR count). The zero-order valence-electron chi connectivity index (χ0n) is 10.1. The van der Waals surface area contributed by atoms with Gasteiger partial charge in [-0.2, -0.15) is 13.2 Å². The maximum atomic E-state index is 12.7. The summed E-state index contributed by atoms with van der Waals surface area (Å²) in [6, 6.07) is -0.0882. The van der Waals surface area contributed by atoms with Crippen molar-refractivity contribution < 1.29 is 23.1 Å². The van der Waals surface area contributed by atoms with E-state index in [1.54, 1.807) is 0 Å². The highest BCUT2D eigenvalue weighted by Gasteiger charge is 2.44. The lowest BCUT2D eigenvalue weighted by Crippen LogP contribution is -2.41. The molecular weight excluding hydrogens is 247 g/mol. The van der Waals surface area contributed by atoms with Gasteiger partial charge in [-0.15, -0.1) is 0 Å². The minimum atomic E-state index is -4.11. The monoisotopic (exact) mass is 265 g/mol. The first kappa shape index (κ1) is 13.6. The molecule has 3 nitrogen and oxygen atoms in total. The number of carbonyl (C=O) groups is 1.